The molecule has 0 radical (unpaired) electrons. The molecule has 0 atom stereocenters. The van der Waals surface area contributed by atoms with Crippen molar-refractivity contribution in [2.45, 2.75) is 52.0 Å². The van der Waals surface area contributed by atoms with Crippen LogP contribution in [0.25, 0.3) is 5.65 Å². The van der Waals surface area contributed by atoms with Crippen molar-refractivity contribution in [1.82, 2.24) is 19.9 Å². The summed E-state index contributed by atoms with van der Waals surface area (Å²) in [6.45, 7) is 7.15. The van der Waals surface area contributed by atoms with Crippen molar-refractivity contribution in [1.29, 1.82) is 0 Å². The Kier molecular flexibility index (Phi) is 7.87. The topological polar surface area (TPSA) is 66.3 Å². The van der Waals surface area contributed by atoms with Crippen LogP contribution in [-0.4, -0.2) is 34.7 Å². The summed E-state index contributed by atoms with van der Waals surface area (Å²) >= 11 is 0. The second-order valence-corrected chi connectivity index (χ2v) is 7.80. The zero-order valence-corrected chi connectivity index (χ0v) is 17.9. The fraction of sp³-hybridized carbons (Fsp3) is 0.478. The average molecular weight is 395 g/mol. The number of nitrogens with one attached hydrogen (secondary N) is 3. The van der Waals surface area contributed by atoms with E-state index >= 15 is 0 Å². The third kappa shape index (κ3) is 5.94. The highest BCUT2D eigenvalue weighted by molar-refractivity contribution is 5.61. The van der Waals surface area contributed by atoms with E-state index in [0.29, 0.717) is 5.92 Å². The first kappa shape index (κ1) is 21.1. The number of anilines is 2. The normalized spacial score (nSPS) is 11.3. The van der Waals surface area contributed by atoms with Crippen LogP contribution in [0.4, 0.5) is 11.6 Å². The molecule has 0 amide bonds. The average Bonchev–Trinajstić information content (AvgIpc) is 3.16. The lowest BCUT2D eigenvalue weighted by atomic mass is 10.1. The fourth-order valence-corrected chi connectivity index (χ4v) is 3.39. The maximum Gasteiger partial charge on any atom is 0.163 e. The molecule has 3 aromatic rings. The van der Waals surface area contributed by atoms with Gasteiger partial charge in [0.25, 0.3) is 0 Å². The molecule has 0 saturated heterocycles. The van der Waals surface area contributed by atoms with E-state index < -0.39 is 0 Å². The van der Waals surface area contributed by atoms with Crippen LogP contribution in [0.1, 0.15) is 56.6 Å². The summed E-state index contributed by atoms with van der Waals surface area (Å²) in [6.07, 6.45) is 6.83. The van der Waals surface area contributed by atoms with Gasteiger partial charge < -0.3 is 16.0 Å². The van der Waals surface area contributed by atoms with Crippen molar-refractivity contribution >= 4 is 17.3 Å². The summed E-state index contributed by atoms with van der Waals surface area (Å²) in [4.78, 5) is 4.86. The predicted octanol–water partition coefficient (Wildman–Crippen LogP) is 4.66. The Bertz CT molecular complexity index is 872. The molecule has 0 fully saturated rings. The van der Waals surface area contributed by atoms with Crippen molar-refractivity contribution in [3.8, 4) is 0 Å². The standard InChI is InChI=1S/C23H34N6/c1-18(2)20-17-27-29-22(26-16-19-11-7-6-8-12-19)15-21(28-23(20)29)25-14-10-5-4-9-13-24-3/h6-8,11-12,15,17-18,24,26H,4-5,9-10,13-14,16H2,1-3H3,(H,25,28). The summed E-state index contributed by atoms with van der Waals surface area (Å²) in [6, 6.07) is 12.5. The third-order valence-corrected chi connectivity index (χ3v) is 5.10. The summed E-state index contributed by atoms with van der Waals surface area (Å²) in [5.41, 5.74) is 3.34. The number of fused-ring (bicyclic) bond motifs is 1. The molecular weight excluding hydrogens is 360 g/mol. The first-order valence-corrected chi connectivity index (χ1v) is 10.7. The van der Waals surface area contributed by atoms with E-state index in [9.17, 15) is 0 Å². The first-order chi connectivity index (χ1) is 14.2. The Morgan fingerprint density at radius 3 is 2.45 bits per heavy atom. The maximum atomic E-state index is 4.86. The molecular formula is C23H34N6. The fourth-order valence-electron chi connectivity index (χ4n) is 3.39. The van der Waals surface area contributed by atoms with Crippen molar-refractivity contribution in [3.05, 3.63) is 53.7 Å². The Labute approximate surface area is 174 Å². The molecule has 1 aromatic carbocycles. The molecule has 6 heteroatoms. The van der Waals surface area contributed by atoms with Gasteiger partial charge in [-0.1, -0.05) is 57.0 Å². The predicted molar refractivity (Wildman–Crippen MR) is 122 cm³/mol. The minimum absolute atomic E-state index is 0.379. The van der Waals surface area contributed by atoms with Crippen LogP contribution in [-0.2, 0) is 6.54 Å². The second-order valence-electron chi connectivity index (χ2n) is 7.80. The minimum atomic E-state index is 0.379. The van der Waals surface area contributed by atoms with Crippen LogP contribution in [0.15, 0.2) is 42.6 Å². The van der Waals surface area contributed by atoms with Gasteiger partial charge >= 0.3 is 0 Å². The van der Waals surface area contributed by atoms with Crippen LogP contribution in [0.2, 0.25) is 0 Å². The first-order valence-electron chi connectivity index (χ1n) is 10.7. The Balaban J connectivity index is 1.70. The maximum absolute atomic E-state index is 4.86. The van der Waals surface area contributed by atoms with Crippen LogP contribution in [0.5, 0.6) is 0 Å². The smallest absolute Gasteiger partial charge is 0.163 e. The van der Waals surface area contributed by atoms with E-state index in [2.05, 4.69) is 65.2 Å². The number of aromatic nitrogens is 3. The van der Waals surface area contributed by atoms with Gasteiger partial charge in [0.05, 0.1) is 6.20 Å². The summed E-state index contributed by atoms with van der Waals surface area (Å²) in [5.74, 6) is 2.25. The molecule has 2 heterocycles. The van der Waals surface area contributed by atoms with Crippen molar-refractivity contribution < 1.29 is 0 Å². The van der Waals surface area contributed by atoms with Gasteiger partial charge in [-0.3, -0.25) is 0 Å². The van der Waals surface area contributed by atoms with Gasteiger partial charge in [0, 0.05) is 24.7 Å². The SMILES string of the molecule is CNCCCCCCNc1cc(NCc2ccccc2)n2ncc(C(C)C)c2n1. The Morgan fingerprint density at radius 2 is 1.72 bits per heavy atom. The van der Waals surface area contributed by atoms with Crippen LogP contribution in [0.3, 0.4) is 0 Å². The molecule has 29 heavy (non-hydrogen) atoms. The number of rotatable bonds is 12. The molecule has 3 N–H and O–H groups in total. The van der Waals surface area contributed by atoms with E-state index in [-0.39, 0.29) is 0 Å². The Morgan fingerprint density at radius 1 is 0.966 bits per heavy atom. The number of hydrogen-bond donors (Lipinski definition) is 3. The van der Waals surface area contributed by atoms with Gasteiger partial charge in [0.1, 0.15) is 11.6 Å². The molecule has 2 aromatic heterocycles. The van der Waals surface area contributed by atoms with Crippen LogP contribution in [0, 0.1) is 0 Å². The molecule has 156 valence electrons. The van der Waals surface area contributed by atoms with Gasteiger partial charge in [-0.25, -0.2) is 4.98 Å². The molecule has 0 bridgehead atoms. The molecule has 0 aliphatic rings. The van der Waals surface area contributed by atoms with E-state index in [1.807, 2.05) is 23.8 Å². The Hall–Kier alpha value is -2.60. The molecule has 6 nitrogen and oxygen atoms in total. The molecule has 0 unspecified atom stereocenters. The van der Waals surface area contributed by atoms with Crippen LogP contribution >= 0.6 is 0 Å². The second kappa shape index (κ2) is 10.8. The summed E-state index contributed by atoms with van der Waals surface area (Å²) in [7, 11) is 2.01. The van der Waals surface area contributed by atoms with E-state index in [4.69, 9.17) is 4.98 Å². The van der Waals surface area contributed by atoms with E-state index in [1.165, 1.54) is 30.4 Å². The van der Waals surface area contributed by atoms with Crippen molar-refractivity contribution in [2.75, 3.05) is 30.8 Å². The molecule has 3 rings (SSSR count). The minimum Gasteiger partial charge on any atom is -0.370 e. The number of unbranched alkanes of at least 4 members (excludes halogenated alkanes) is 3. The van der Waals surface area contributed by atoms with E-state index in [1.54, 1.807) is 0 Å². The van der Waals surface area contributed by atoms with E-state index in [0.717, 1.165) is 43.3 Å². The van der Waals surface area contributed by atoms with Gasteiger partial charge in [-0.15, -0.1) is 0 Å². The highest BCUT2D eigenvalue weighted by Gasteiger charge is 2.14. The van der Waals surface area contributed by atoms with Gasteiger partial charge in [0.2, 0.25) is 0 Å². The molecule has 0 saturated carbocycles. The number of hydrogen-bond acceptors (Lipinski definition) is 5. The van der Waals surface area contributed by atoms with Gasteiger partial charge in [-0.2, -0.15) is 9.61 Å². The number of benzene rings is 1. The zero-order valence-electron chi connectivity index (χ0n) is 17.9. The lowest BCUT2D eigenvalue weighted by Crippen LogP contribution is -2.10. The van der Waals surface area contributed by atoms with Crippen LogP contribution < -0.4 is 16.0 Å². The van der Waals surface area contributed by atoms with Crippen molar-refractivity contribution in [2.24, 2.45) is 0 Å². The summed E-state index contributed by atoms with van der Waals surface area (Å²) < 4.78 is 1.92. The van der Waals surface area contributed by atoms with Gasteiger partial charge in [0.15, 0.2) is 5.65 Å². The number of nitrogens with zero attached hydrogens (tertiary/aromatic N) is 3. The summed E-state index contributed by atoms with van der Waals surface area (Å²) in [5, 5.41) is 14.8. The highest BCUT2D eigenvalue weighted by Crippen LogP contribution is 2.24. The quantitative estimate of drug-likeness (QED) is 0.390. The lowest BCUT2D eigenvalue weighted by Gasteiger charge is -2.13. The molecule has 0 spiro atoms. The molecule has 0 aliphatic carbocycles. The highest BCUT2D eigenvalue weighted by atomic mass is 15.3. The van der Waals surface area contributed by atoms with Gasteiger partial charge in [-0.05, 0) is 37.9 Å². The largest absolute Gasteiger partial charge is 0.370 e. The molecule has 0 aliphatic heterocycles. The lowest BCUT2D eigenvalue weighted by molar-refractivity contribution is 0.626. The zero-order chi connectivity index (χ0) is 20.5. The monoisotopic (exact) mass is 394 g/mol. The third-order valence-electron chi connectivity index (χ3n) is 5.10. The van der Waals surface area contributed by atoms with Crippen molar-refractivity contribution in [3.63, 3.8) is 0 Å².